The fourth-order valence-electron chi connectivity index (χ4n) is 3.51. The summed E-state index contributed by atoms with van der Waals surface area (Å²) in [6.45, 7) is 3.75. The van der Waals surface area contributed by atoms with Crippen LogP contribution in [0.25, 0.3) is 0 Å². The van der Waals surface area contributed by atoms with Crippen LogP contribution in [0.4, 0.5) is 0 Å². The van der Waals surface area contributed by atoms with Crippen molar-refractivity contribution >= 4 is 0 Å². The minimum Gasteiger partial charge on any atom is -0.385 e. The predicted molar refractivity (Wildman–Crippen MR) is 82.1 cm³/mol. The van der Waals surface area contributed by atoms with Gasteiger partial charge in [0.1, 0.15) is 0 Å². The van der Waals surface area contributed by atoms with Gasteiger partial charge in [-0.2, -0.15) is 0 Å². The lowest BCUT2D eigenvalue weighted by atomic mass is 9.76. The van der Waals surface area contributed by atoms with Crippen molar-refractivity contribution in [3.8, 4) is 0 Å². The van der Waals surface area contributed by atoms with Crippen LogP contribution in [0.15, 0.2) is 24.3 Å². The minimum atomic E-state index is -0.722. The molecule has 1 saturated heterocycles. The molecule has 0 aromatic heterocycles. The largest absolute Gasteiger partial charge is 0.385 e. The highest BCUT2D eigenvalue weighted by Gasteiger charge is 2.45. The first kappa shape index (κ1) is 15.0. The molecule has 1 saturated carbocycles. The fourth-order valence-corrected chi connectivity index (χ4v) is 3.51. The molecular weight excluding hydrogens is 264 g/mol. The molecule has 3 nitrogen and oxygen atoms in total. The predicted octanol–water partition coefficient (Wildman–Crippen LogP) is 3.53. The Labute approximate surface area is 127 Å². The van der Waals surface area contributed by atoms with Crippen LogP contribution in [0.2, 0.25) is 0 Å². The van der Waals surface area contributed by atoms with Crippen LogP contribution >= 0.6 is 0 Å². The molecule has 21 heavy (non-hydrogen) atoms. The molecule has 1 heterocycles. The van der Waals surface area contributed by atoms with Crippen molar-refractivity contribution in [1.29, 1.82) is 0 Å². The van der Waals surface area contributed by atoms with Crippen molar-refractivity contribution in [1.82, 2.24) is 0 Å². The summed E-state index contributed by atoms with van der Waals surface area (Å²) in [4.78, 5) is 0. The van der Waals surface area contributed by atoms with Crippen LogP contribution in [-0.4, -0.2) is 24.1 Å². The maximum absolute atomic E-state index is 11.0. The summed E-state index contributed by atoms with van der Waals surface area (Å²) < 4.78 is 11.7. The number of aryl methyl sites for hydroxylation is 1. The third kappa shape index (κ3) is 3.15. The fraction of sp³-hybridized carbons (Fsp3) is 0.667. The van der Waals surface area contributed by atoms with Crippen LogP contribution in [0, 0.1) is 0 Å². The van der Waals surface area contributed by atoms with E-state index in [1.807, 2.05) is 0 Å². The van der Waals surface area contributed by atoms with Gasteiger partial charge in [-0.15, -0.1) is 0 Å². The smallest absolute Gasteiger partial charge is 0.168 e. The second-order valence-electron chi connectivity index (χ2n) is 6.44. The Morgan fingerprint density at radius 1 is 1.00 bits per heavy atom. The van der Waals surface area contributed by atoms with Crippen LogP contribution in [0.3, 0.4) is 0 Å². The van der Waals surface area contributed by atoms with Gasteiger partial charge in [0.25, 0.3) is 0 Å². The van der Waals surface area contributed by atoms with Gasteiger partial charge in [-0.25, -0.2) is 0 Å². The summed E-state index contributed by atoms with van der Waals surface area (Å²) >= 11 is 0. The van der Waals surface area contributed by atoms with E-state index in [-0.39, 0.29) is 0 Å². The highest BCUT2D eigenvalue weighted by Crippen LogP contribution is 2.44. The van der Waals surface area contributed by atoms with E-state index in [1.54, 1.807) is 0 Å². The normalized spacial score (nSPS) is 24.1. The number of rotatable bonds is 3. The quantitative estimate of drug-likeness (QED) is 0.925. The molecule has 3 rings (SSSR count). The van der Waals surface area contributed by atoms with Crippen molar-refractivity contribution in [2.45, 2.75) is 63.3 Å². The van der Waals surface area contributed by atoms with Crippen LogP contribution in [0.5, 0.6) is 0 Å². The number of benzene rings is 1. The molecule has 1 aromatic rings. The third-order valence-electron chi connectivity index (χ3n) is 4.89. The van der Waals surface area contributed by atoms with Crippen molar-refractivity contribution in [2.75, 3.05) is 13.2 Å². The monoisotopic (exact) mass is 290 g/mol. The van der Waals surface area contributed by atoms with Crippen molar-refractivity contribution in [2.24, 2.45) is 0 Å². The molecule has 2 fully saturated rings. The molecule has 2 aliphatic rings. The Balaban J connectivity index is 1.68. The van der Waals surface area contributed by atoms with Crippen LogP contribution in [-0.2, 0) is 21.5 Å². The second kappa shape index (κ2) is 6.07. The topological polar surface area (TPSA) is 38.7 Å². The van der Waals surface area contributed by atoms with Gasteiger partial charge in [0.05, 0.1) is 18.8 Å². The number of hydrogen-bond acceptors (Lipinski definition) is 3. The van der Waals surface area contributed by atoms with E-state index < -0.39 is 11.4 Å². The number of ether oxygens (including phenoxy) is 2. The van der Waals surface area contributed by atoms with Crippen LogP contribution in [0.1, 0.15) is 56.6 Å². The first-order chi connectivity index (χ1) is 10.2. The summed E-state index contributed by atoms with van der Waals surface area (Å²) in [6, 6.07) is 8.47. The zero-order valence-electron chi connectivity index (χ0n) is 12.9. The van der Waals surface area contributed by atoms with E-state index in [9.17, 15) is 5.11 Å². The van der Waals surface area contributed by atoms with E-state index in [0.29, 0.717) is 12.8 Å². The first-order valence-corrected chi connectivity index (χ1v) is 8.26. The average Bonchev–Trinajstić information content (AvgIpc) is 2.53. The molecule has 0 atom stereocenters. The Kier molecular flexibility index (Phi) is 4.34. The zero-order chi connectivity index (χ0) is 14.8. The number of hydrogen-bond donors (Lipinski definition) is 1. The summed E-state index contributed by atoms with van der Waals surface area (Å²) in [7, 11) is 0. The maximum Gasteiger partial charge on any atom is 0.168 e. The highest BCUT2D eigenvalue weighted by atomic mass is 16.7. The first-order valence-electron chi connectivity index (χ1n) is 8.26. The summed E-state index contributed by atoms with van der Waals surface area (Å²) in [5.41, 5.74) is 1.66. The van der Waals surface area contributed by atoms with E-state index in [4.69, 9.17) is 9.47 Å². The Bertz CT molecular complexity index is 450. The second-order valence-corrected chi connectivity index (χ2v) is 6.44. The molecular formula is C18H26O3. The molecule has 116 valence electrons. The molecule has 0 radical (unpaired) electrons. The maximum atomic E-state index is 11.0. The van der Waals surface area contributed by atoms with Crippen LogP contribution < -0.4 is 0 Å². The Hall–Kier alpha value is -0.900. The van der Waals surface area contributed by atoms with Gasteiger partial charge in [-0.05, 0) is 36.8 Å². The van der Waals surface area contributed by atoms with Gasteiger partial charge >= 0.3 is 0 Å². The molecule has 1 spiro atoms. The lowest BCUT2D eigenvalue weighted by Crippen LogP contribution is -2.47. The standard InChI is InChI=1S/C18H26O3/c1-2-4-15-5-7-16(8-6-15)17(19)9-11-18(12-10-17)20-13-3-14-21-18/h5-8,19H,2-4,9-14H2,1H3. The van der Waals surface area contributed by atoms with Crippen molar-refractivity contribution in [3.63, 3.8) is 0 Å². The van der Waals surface area contributed by atoms with Gasteiger partial charge in [-0.3, -0.25) is 0 Å². The van der Waals surface area contributed by atoms with Gasteiger partial charge in [0, 0.05) is 12.8 Å². The lowest BCUT2D eigenvalue weighted by molar-refractivity contribution is -0.293. The molecule has 1 aliphatic heterocycles. The summed E-state index contributed by atoms with van der Waals surface area (Å²) in [5.74, 6) is -0.424. The van der Waals surface area contributed by atoms with E-state index in [1.165, 1.54) is 5.56 Å². The van der Waals surface area contributed by atoms with Crippen molar-refractivity contribution in [3.05, 3.63) is 35.4 Å². The SMILES string of the molecule is CCCc1ccc(C2(O)CCC3(CC2)OCCCO3)cc1. The average molecular weight is 290 g/mol. The zero-order valence-corrected chi connectivity index (χ0v) is 12.9. The molecule has 0 unspecified atom stereocenters. The minimum absolute atomic E-state index is 0.424. The van der Waals surface area contributed by atoms with E-state index in [2.05, 4.69) is 31.2 Å². The van der Waals surface area contributed by atoms with E-state index in [0.717, 1.165) is 50.9 Å². The Morgan fingerprint density at radius 2 is 1.62 bits per heavy atom. The lowest BCUT2D eigenvalue weighted by Gasteiger charge is -2.45. The van der Waals surface area contributed by atoms with E-state index >= 15 is 0 Å². The molecule has 1 aromatic carbocycles. The third-order valence-corrected chi connectivity index (χ3v) is 4.89. The molecule has 0 bridgehead atoms. The molecule has 3 heteroatoms. The van der Waals surface area contributed by atoms with Gasteiger partial charge < -0.3 is 14.6 Å². The van der Waals surface area contributed by atoms with Crippen molar-refractivity contribution < 1.29 is 14.6 Å². The molecule has 1 N–H and O–H groups in total. The summed E-state index contributed by atoms with van der Waals surface area (Å²) in [6.07, 6.45) is 6.20. The molecule has 0 amide bonds. The van der Waals surface area contributed by atoms with Gasteiger partial charge in [0.2, 0.25) is 0 Å². The number of aliphatic hydroxyl groups is 1. The highest BCUT2D eigenvalue weighted by molar-refractivity contribution is 5.28. The summed E-state index contributed by atoms with van der Waals surface area (Å²) in [5, 5.41) is 11.0. The molecule has 1 aliphatic carbocycles. The Morgan fingerprint density at radius 3 is 2.19 bits per heavy atom. The van der Waals surface area contributed by atoms with Gasteiger partial charge in [-0.1, -0.05) is 37.6 Å². The van der Waals surface area contributed by atoms with Gasteiger partial charge in [0.15, 0.2) is 5.79 Å².